The Labute approximate surface area is 342 Å². The second-order valence-corrected chi connectivity index (χ2v) is 20.8. The van der Waals surface area contributed by atoms with Crippen molar-refractivity contribution in [2.45, 2.75) is 19.6 Å². The van der Waals surface area contributed by atoms with Crippen LogP contribution in [0, 0.1) is 0 Å². The van der Waals surface area contributed by atoms with Crippen LogP contribution in [-0.4, -0.2) is 23.0 Å². The molecule has 0 radical (unpaired) electrons. The average molecular weight is 762 g/mol. The first-order valence-electron chi connectivity index (χ1n) is 19.8. The SMILES string of the molecule is C[Si](C)(C)c1ccc(-c2ccc(-c3ccc(-c4cccc(-c5cccc(-c6nc(-c7ccccc7)nc(-c7cccc(-c8ccccc8)c7)n6)c5)c4)cc3)cc2)cc1. The summed E-state index contributed by atoms with van der Waals surface area (Å²) in [7, 11) is -1.31. The molecule has 0 fully saturated rings. The topological polar surface area (TPSA) is 38.7 Å². The summed E-state index contributed by atoms with van der Waals surface area (Å²) in [6.45, 7) is 7.17. The van der Waals surface area contributed by atoms with E-state index in [2.05, 4.69) is 189 Å². The molecule has 8 aromatic carbocycles. The van der Waals surface area contributed by atoms with E-state index in [1.807, 2.05) is 36.4 Å². The van der Waals surface area contributed by atoms with Gasteiger partial charge in [-0.3, -0.25) is 0 Å². The molecule has 9 aromatic rings. The quantitative estimate of drug-likeness (QED) is 0.138. The van der Waals surface area contributed by atoms with Gasteiger partial charge in [0.1, 0.15) is 0 Å². The van der Waals surface area contributed by atoms with Crippen molar-refractivity contribution >= 4 is 13.3 Å². The number of rotatable bonds is 9. The number of hydrogen-bond acceptors (Lipinski definition) is 3. The molecule has 0 aliphatic heterocycles. The van der Waals surface area contributed by atoms with Gasteiger partial charge in [0.05, 0.1) is 8.07 Å². The van der Waals surface area contributed by atoms with E-state index < -0.39 is 8.07 Å². The summed E-state index contributed by atoms with van der Waals surface area (Å²) in [5.74, 6) is 1.92. The fourth-order valence-corrected chi connectivity index (χ4v) is 8.57. The average Bonchev–Trinajstić information content (AvgIpc) is 3.29. The van der Waals surface area contributed by atoms with Gasteiger partial charge in [0.25, 0.3) is 0 Å². The molecule has 0 spiro atoms. The molecule has 4 heteroatoms. The Morgan fingerprint density at radius 2 is 0.500 bits per heavy atom. The largest absolute Gasteiger partial charge is 0.208 e. The third-order valence-electron chi connectivity index (χ3n) is 10.7. The third kappa shape index (κ3) is 7.97. The summed E-state index contributed by atoms with van der Waals surface area (Å²) in [6.07, 6.45) is 0. The van der Waals surface area contributed by atoms with Crippen LogP contribution >= 0.6 is 0 Å². The van der Waals surface area contributed by atoms with E-state index in [0.717, 1.165) is 38.9 Å². The van der Waals surface area contributed by atoms with Gasteiger partial charge in [-0.25, -0.2) is 15.0 Å². The number of aromatic nitrogens is 3. The van der Waals surface area contributed by atoms with E-state index in [-0.39, 0.29) is 0 Å². The van der Waals surface area contributed by atoms with Gasteiger partial charge in [-0.2, -0.15) is 0 Å². The predicted octanol–water partition coefficient (Wildman–Crippen LogP) is 13.8. The Hall–Kier alpha value is -7.01. The lowest BCUT2D eigenvalue weighted by Crippen LogP contribution is -2.37. The van der Waals surface area contributed by atoms with Gasteiger partial charge < -0.3 is 0 Å². The minimum Gasteiger partial charge on any atom is -0.208 e. The molecule has 0 unspecified atom stereocenters. The summed E-state index contributed by atoms with van der Waals surface area (Å²) >= 11 is 0. The summed E-state index contributed by atoms with van der Waals surface area (Å²) in [4.78, 5) is 15.1. The van der Waals surface area contributed by atoms with Crippen LogP contribution in [-0.2, 0) is 0 Å². The van der Waals surface area contributed by atoms with E-state index in [4.69, 9.17) is 15.0 Å². The molecule has 0 bridgehead atoms. The first-order valence-corrected chi connectivity index (χ1v) is 23.3. The van der Waals surface area contributed by atoms with Crippen molar-refractivity contribution in [3.63, 3.8) is 0 Å². The zero-order valence-corrected chi connectivity index (χ0v) is 34.0. The molecular weight excluding hydrogens is 719 g/mol. The van der Waals surface area contributed by atoms with E-state index in [1.54, 1.807) is 0 Å². The van der Waals surface area contributed by atoms with Crippen LogP contribution in [0.5, 0.6) is 0 Å². The van der Waals surface area contributed by atoms with Gasteiger partial charge in [0.2, 0.25) is 0 Å². The molecule has 0 aliphatic carbocycles. The van der Waals surface area contributed by atoms with Gasteiger partial charge in [0.15, 0.2) is 17.5 Å². The van der Waals surface area contributed by atoms with Gasteiger partial charge in [-0.15, -0.1) is 0 Å². The fourth-order valence-electron chi connectivity index (χ4n) is 7.41. The highest BCUT2D eigenvalue weighted by molar-refractivity contribution is 6.88. The van der Waals surface area contributed by atoms with Gasteiger partial charge in [-0.1, -0.05) is 213 Å². The lowest BCUT2D eigenvalue weighted by molar-refractivity contribution is 1.07. The third-order valence-corrected chi connectivity index (χ3v) is 12.8. The maximum Gasteiger partial charge on any atom is 0.164 e. The fraction of sp³-hybridized carbons (Fsp3) is 0.0556. The summed E-state index contributed by atoms with van der Waals surface area (Å²) < 4.78 is 0. The summed E-state index contributed by atoms with van der Waals surface area (Å²) in [5, 5.41) is 1.49. The highest BCUT2D eigenvalue weighted by Gasteiger charge is 2.16. The Bertz CT molecular complexity index is 2830. The van der Waals surface area contributed by atoms with Crippen LogP contribution in [0.3, 0.4) is 0 Å². The van der Waals surface area contributed by atoms with Crippen LogP contribution in [0.25, 0.3) is 89.8 Å². The molecule has 0 saturated heterocycles. The number of benzene rings is 8. The lowest BCUT2D eigenvalue weighted by atomic mass is 9.96. The highest BCUT2D eigenvalue weighted by atomic mass is 28.3. The Morgan fingerprint density at radius 1 is 0.241 bits per heavy atom. The smallest absolute Gasteiger partial charge is 0.164 e. The minimum absolute atomic E-state index is 0.635. The highest BCUT2D eigenvalue weighted by Crippen LogP contribution is 2.33. The summed E-state index contributed by atoms with van der Waals surface area (Å²) in [5.41, 5.74) is 14.6. The van der Waals surface area contributed by atoms with Gasteiger partial charge in [-0.05, 0) is 73.8 Å². The maximum atomic E-state index is 5.08. The van der Waals surface area contributed by atoms with E-state index in [1.165, 1.54) is 38.6 Å². The molecule has 1 aromatic heterocycles. The second-order valence-electron chi connectivity index (χ2n) is 15.8. The Kier molecular flexibility index (Phi) is 10.0. The van der Waals surface area contributed by atoms with Crippen molar-refractivity contribution in [3.8, 4) is 89.8 Å². The maximum absolute atomic E-state index is 5.08. The van der Waals surface area contributed by atoms with Crippen molar-refractivity contribution < 1.29 is 0 Å². The van der Waals surface area contributed by atoms with Crippen LogP contribution in [0.4, 0.5) is 0 Å². The van der Waals surface area contributed by atoms with E-state index >= 15 is 0 Å². The number of nitrogens with zero attached hydrogens (tertiary/aromatic N) is 3. The van der Waals surface area contributed by atoms with Crippen molar-refractivity contribution in [2.24, 2.45) is 0 Å². The zero-order chi connectivity index (χ0) is 39.5. The number of hydrogen-bond donors (Lipinski definition) is 0. The normalized spacial score (nSPS) is 11.4. The lowest BCUT2D eigenvalue weighted by Gasteiger charge is -2.16. The monoisotopic (exact) mass is 761 g/mol. The molecule has 0 aliphatic rings. The van der Waals surface area contributed by atoms with Crippen LogP contribution in [0.2, 0.25) is 19.6 Å². The molecule has 0 N–H and O–H groups in total. The van der Waals surface area contributed by atoms with Crippen molar-refractivity contribution in [2.75, 3.05) is 0 Å². The van der Waals surface area contributed by atoms with Gasteiger partial charge >= 0.3 is 0 Å². The zero-order valence-electron chi connectivity index (χ0n) is 33.0. The molecule has 278 valence electrons. The second kappa shape index (κ2) is 15.9. The molecular formula is C54H43N3Si. The predicted molar refractivity (Wildman–Crippen MR) is 246 cm³/mol. The molecule has 0 atom stereocenters. The Morgan fingerprint density at radius 3 is 0.897 bits per heavy atom. The van der Waals surface area contributed by atoms with Gasteiger partial charge in [0, 0.05) is 16.7 Å². The molecule has 58 heavy (non-hydrogen) atoms. The molecule has 3 nitrogen and oxygen atoms in total. The van der Waals surface area contributed by atoms with Crippen molar-refractivity contribution in [1.29, 1.82) is 0 Å². The Balaban J connectivity index is 0.989. The molecule has 1 heterocycles. The van der Waals surface area contributed by atoms with Crippen molar-refractivity contribution in [1.82, 2.24) is 15.0 Å². The van der Waals surface area contributed by atoms with Crippen LogP contribution in [0.1, 0.15) is 0 Å². The standard InChI is InChI=1S/C54H43N3Si/c1-58(2,3)51-33-31-42(32-34-51)41-25-23-39(24-26-41)40-27-29-43(30-28-40)45-17-10-19-47(35-45)48-20-12-22-50(37-48)54-56-52(44-15-8-5-9-16-44)55-53(57-54)49-21-11-18-46(36-49)38-13-6-4-7-14-38/h4-37H,1-3H3. The molecule has 9 rings (SSSR count). The molecule has 0 saturated carbocycles. The van der Waals surface area contributed by atoms with Crippen molar-refractivity contribution in [3.05, 3.63) is 206 Å². The minimum atomic E-state index is -1.31. The van der Waals surface area contributed by atoms with Crippen LogP contribution < -0.4 is 5.19 Å². The summed E-state index contributed by atoms with van der Waals surface area (Å²) in [6, 6.07) is 73.1. The molecule has 0 amide bonds. The van der Waals surface area contributed by atoms with E-state index in [0.29, 0.717) is 17.5 Å². The van der Waals surface area contributed by atoms with E-state index in [9.17, 15) is 0 Å². The van der Waals surface area contributed by atoms with Crippen LogP contribution in [0.15, 0.2) is 206 Å². The first-order chi connectivity index (χ1) is 28.3. The first kappa shape index (κ1) is 36.6.